The van der Waals surface area contributed by atoms with Gasteiger partial charge in [-0.2, -0.15) is 0 Å². The molecule has 0 spiro atoms. The van der Waals surface area contributed by atoms with Gasteiger partial charge in [-0.3, -0.25) is 4.79 Å². The molecular formula is C24H28ClNO3. The molecule has 154 valence electrons. The lowest BCUT2D eigenvalue weighted by molar-refractivity contribution is -0.919. The summed E-state index contributed by atoms with van der Waals surface area (Å²) < 4.78 is 5.94. The third-order valence-corrected chi connectivity index (χ3v) is 5.10. The van der Waals surface area contributed by atoms with Crippen molar-refractivity contribution in [2.45, 2.75) is 34.2 Å². The van der Waals surface area contributed by atoms with Gasteiger partial charge in [-0.1, -0.05) is 63.2 Å². The third kappa shape index (κ3) is 5.20. The van der Waals surface area contributed by atoms with Crippen molar-refractivity contribution >= 4 is 23.5 Å². The topological polar surface area (TPSA) is 53.8 Å². The Labute approximate surface area is 177 Å². The molecule has 29 heavy (non-hydrogen) atoms. The second-order valence-electron chi connectivity index (χ2n) is 8.54. The quantitative estimate of drug-likeness (QED) is 0.704. The number of rotatable bonds is 7. The summed E-state index contributed by atoms with van der Waals surface area (Å²) in [6.45, 7) is 11.2. The van der Waals surface area contributed by atoms with Crippen molar-refractivity contribution in [1.29, 1.82) is 0 Å². The van der Waals surface area contributed by atoms with Crippen molar-refractivity contribution in [2.75, 3.05) is 13.1 Å². The molecule has 4 nitrogen and oxygen atoms in total. The van der Waals surface area contributed by atoms with Crippen molar-refractivity contribution < 1.29 is 19.5 Å². The number of Topliss-reactive ketones (excluding diaryl/α,β-unsaturated/α-hetero) is 1. The van der Waals surface area contributed by atoms with Crippen LogP contribution in [0.1, 0.15) is 49.2 Å². The zero-order chi connectivity index (χ0) is 21.1. The molecule has 0 unspecified atom stereocenters. The summed E-state index contributed by atoms with van der Waals surface area (Å²) in [6.07, 6.45) is 1.68. The van der Waals surface area contributed by atoms with E-state index in [2.05, 4.69) is 27.7 Å². The number of hydrogen-bond donors (Lipinski definition) is 1. The highest BCUT2D eigenvalue weighted by Crippen LogP contribution is 2.38. The molecule has 1 aliphatic heterocycles. The lowest BCUT2D eigenvalue weighted by Gasteiger charge is -2.26. The number of quaternary nitrogens is 1. The average Bonchev–Trinajstić information content (AvgIpc) is 2.92. The maximum atomic E-state index is 12.9. The van der Waals surface area contributed by atoms with Gasteiger partial charge < -0.3 is 14.7 Å². The van der Waals surface area contributed by atoms with Crippen molar-refractivity contribution in [3.63, 3.8) is 0 Å². The summed E-state index contributed by atoms with van der Waals surface area (Å²) in [5.41, 5.74) is 1.83. The molecule has 5 heteroatoms. The number of allylic oxidation sites excluding steroid dienone is 1. The molecule has 0 bridgehead atoms. The highest BCUT2D eigenvalue weighted by atomic mass is 35.5. The fraction of sp³-hybridized carbons (Fsp3) is 0.375. The number of halogens is 1. The fourth-order valence-corrected chi connectivity index (χ4v) is 4.04. The van der Waals surface area contributed by atoms with Crippen LogP contribution in [0.5, 0.6) is 11.5 Å². The van der Waals surface area contributed by atoms with Gasteiger partial charge in [0, 0.05) is 22.4 Å². The highest BCUT2D eigenvalue weighted by Gasteiger charge is 2.31. The molecule has 2 aromatic rings. The van der Waals surface area contributed by atoms with Crippen LogP contribution in [-0.4, -0.2) is 18.9 Å². The van der Waals surface area contributed by atoms with Gasteiger partial charge in [-0.15, -0.1) is 0 Å². The molecule has 0 aliphatic carbocycles. The first kappa shape index (κ1) is 21.4. The standard InChI is InChI=1S/C24H28ClNO3/c1-15(2)12-26(13-16(3)4)14-20-21(27)9-8-19-23(28)22(29-24(19)20)11-17-6-5-7-18(25)10-17/h5-11,15-16,27H,12-14H2,1-4H3. The predicted octanol–water partition coefficient (Wildman–Crippen LogP) is 3.73. The van der Waals surface area contributed by atoms with Crippen molar-refractivity contribution in [3.8, 4) is 11.5 Å². The molecule has 1 heterocycles. The minimum atomic E-state index is -0.199. The van der Waals surface area contributed by atoms with E-state index in [1.807, 2.05) is 12.1 Å². The second kappa shape index (κ2) is 9.02. The first-order valence-electron chi connectivity index (χ1n) is 10.1. The van der Waals surface area contributed by atoms with Crippen LogP contribution in [0.2, 0.25) is 5.02 Å². The maximum Gasteiger partial charge on any atom is 0.231 e. The molecular weight excluding hydrogens is 386 g/mol. The molecule has 0 fully saturated rings. The molecule has 1 N–H and O–H groups in total. The van der Waals surface area contributed by atoms with Crippen LogP contribution in [0.25, 0.3) is 6.08 Å². The fourth-order valence-electron chi connectivity index (χ4n) is 3.84. The van der Waals surface area contributed by atoms with Gasteiger partial charge in [-0.25, -0.2) is 0 Å². The van der Waals surface area contributed by atoms with E-state index >= 15 is 0 Å². The van der Waals surface area contributed by atoms with E-state index in [1.165, 1.54) is 11.0 Å². The maximum absolute atomic E-state index is 12.9. The highest BCUT2D eigenvalue weighted by molar-refractivity contribution is 6.30. The van der Waals surface area contributed by atoms with Crippen LogP contribution in [0.4, 0.5) is 0 Å². The number of ether oxygens (including phenoxy) is 1. The van der Waals surface area contributed by atoms with Crippen LogP contribution in [0, 0.1) is 11.8 Å². The van der Waals surface area contributed by atoms with Gasteiger partial charge in [0.25, 0.3) is 0 Å². The van der Waals surface area contributed by atoms with E-state index in [0.29, 0.717) is 40.3 Å². The normalized spacial score (nSPS) is 14.9. The zero-order valence-corrected chi connectivity index (χ0v) is 18.2. The minimum absolute atomic E-state index is 0.0782. The van der Waals surface area contributed by atoms with Gasteiger partial charge in [0.2, 0.25) is 5.78 Å². The summed E-state index contributed by atoms with van der Waals surface area (Å²) in [5, 5.41) is 13.3. The van der Waals surface area contributed by atoms with Gasteiger partial charge in [0.1, 0.15) is 12.3 Å². The van der Waals surface area contributed by atoms with Crippen LogP contribution < -0.4 is 14.7 Å². The average molecular weight is 414 g/mol. The zero-order valence-electron chi connectivity index (χ0n) is 17.4. The number of fused-ring (bicyclic) bond motifs is 1. The summed E-state index contributed by atoms with van der Waals surface area (Å²) in [6, 6.07) is 10.3. The number of hydrogen-bond acceptors (Lipinski definition) is 3. The van der Waals surface area contributed by atoms with Crippen LogP contribution in [0.3, 0.4) is 0 Å². The van der Waals surface area contributed by atoms with Crippen LogP contribution in [-0.2, 0) is 6.54 Å². The Morgan fingerprint density at radius 3 is 2.41 bits per heavy atom. The number of ketones is 1. The molecule has 0 atom stereocenters. The lowest BCUT2D eigenvalue weighted by atomic mass is 10.0. The molecule has 1 aliphatic rings. The number of nitrogens with one attached hydrogen (secondary N) is 1. The van der Waals surface area contributed by atoms with Crippen LogP contribution in [0.15, 0.2) is 42.2 Å². The SMILES string of the molecule is CC(C)C[NH+](Cc1c([O-])ccc2c1OC(=Cc1cccc(Cl)c1)C2=O)CC(C)C. The van der Waals surface area contributed by atoms with Gasteiger partial charge in [0.05, 0.1) is 18.7 Å². The Kier molecular flexibility index (Phi) is 6.66. The molecule has 0 radical (unpaired) electrons. The molecule has 0 saturated heterocycles. The van der Waals surface area contributed by atoms with E-state index < -0.39 is 0 Å². The van der Waals surface area contributed by atoms with E-state index in [-0.39, 0.29) is 17.3 Å². The van der Waals surface area contributed by atoms with Crippen molar-refractivity contribution in [1.82, 2.24) is 0 Å². The summed E-state index contributed by atoms with van der Waals surface area (Å²) in [4.78, 5) is 14.2. The van der Waals surface area contributed by atoms with E-state index in [4.69, 9.17) is 16.3 Å². The third-order valence-electron chi connectivity index (χ3n) is 4.87. The largest absolute Gasteiger partial charge is 0.872 e. The van der Waals surface area contributed by atoms with Crippen molar-refractivity contribution in [2.24, 2.45) is 11.8 Å². The second-order valence-corrected chi connectivity index (χ2v) is 8.97. The monoisotopic (exact) mass is 413 g/mol. The first-order valence-corrected chi connectivity index (χ1v) is 10.5. The van der Waals surface area contributed by atoms with E-state index in [9.17, 15) is 9.90 Å². The Morgan fingerprint density at radius 1 is 1.10 bits per heavy atom. The van der Waals surface area contributed by atoms with Crippen molar-refractivity contribution in [3.05, 3.63) is 63.9 Å². The summed E-state index contributed by atoms with van der Waals surface area (Å²) in [5.74, 6) is 1.39. The van der Waals surface area contributed by atoms with E-state index in [0.717, 1.165) is 18.7 Å². The Morgan fingerprint density at radius 2 is 1.79 bits per heavy atom. The summed E-state index contributed by atoms with van der Waals surface area (Å²) >= 11 is 6.04. The van der Waals surface area contributed by atoms with Gasteiger partial charge in [-0.05, 0) is 29.8 Å². The van der Waals surface area contributed by atoms with E-state index in [1.54, 1.807) is 24.3 Å². The molecule has 0 amide bonds. The first-order chi connectivity index (χ1) is 13.7. The summed E-state index contributed by atoms with van der Waals surface area (Å²) in [7, 11) is 0. The molecule has 0 aromatic heterocycles. The Bertz CT molecular complexity index is 924. The van der Waals surface area contributed by atoms with Gasteiger partial charge in [0.15, 0.2) is 5.76 Å². The Balaban J connectivity index is 1.93. The number of carbonyl (C=O) groups is 1. The van der Waals surface area contributed by atoms with Gasteiger partial charge >= 0.3 is 0 Å². The predicted molar refractivity (Wildman–Crippen MR) is 114 cm³/mol. The smallest absolute Gasteiger partial charge is 0.231 e. The van der Waals surface area contributed by atoms with Crippen LogP contribution >= 0.6 is 11.6 Å². The molecule has 2 aromatic carbocycles. The number of benzene rings is 2. The molecule has 0 saturated carbocycles. The Hall–Kier alpha value is -2.30. The lowest BCUT2D eigenvalue weighted by Crippen LogP contribution is -3.11. The molecule has 3 rings (SSSR count). The number of carbonyl (C=O) groups excluding carboxylic acids is 1. The minimum Gasteiger partial charge on any atom is -0.872 e.